The van der Waals surface area contributed by atoms with E-state index in [0.717, 1.165) is 4.88 Å². The molecule has 0 radical (unpaired) electrons. The predicted molar refractivity (Wildman–Crippen MR) is 75.8 cm³/mol. The molecule has 7 heteroatoms. The normalized spacial score (nSPS) is 12.2. The third-order valence-electron chi connectivity index (χ3n) is 2.51. The molecule has 0 aliphatic rings. The number of hydrogen-bond acceptors (Lipinski definition) is 3. The van der Waals surface area contributed by atoms with Crippen LogP contribution in [0.1, 0.15) is 18.7 Å². The Labute approximate surface area is 121 Å². The van der Waals surface area contributed by atoms with E-state index in [4.69, 9.17) is 16.7 Å². The van der Waals surface area contributed by atoms with Crippen LogP contribution in [-0.4, -0.2) is 29.7 Å². The molecule has 0 unspecified atom stereocenters. The van der Waals surface area contributed by atoms with Gasteiger partial charge in [0.1, 0.15) is 6.04 Å². The number of carbonyl (C=O) groups excluding carboxylic acids is 1. The van der Waals surface area contributed by atoms with Crippen molar-refractivity contribution in [1.29, 1.82) is 0 Å². The topological polar surface area (TPSA) is 78.4 Å². The molecule has 0 bridgehead atoms. The first-order chi connectivity index (χ1) is 8.90. The van der Waals surface area contributed by atoms with Crippen LogP contribution in [0, 0.1) is 5.92 Å². The molecule has 3 N–H and O–H groups in total. The van der Waals surface area contributed by atoms with Gasteiger partial charge < -0.3 is 15.7 Å². The largest absolute Gasteiger partial charge is 0.480 e. The van der Waals surface area contributed by atoms with Crippen molar-refractivity contribution < 1.29 is 14.7 Å². The summed E-state index contributed by atoms with van der Waals surface area (Å²) in [6.07, 6.45) is 0.671. The minimum absolute atomic E-state index is 0.167. The monoisotopic (exact) mass is 304 g/mol. The molecule has 1 atom stereocenters. The fraction of sp³-hybridized carbons (Fsp3) is 0.500. The van der Waals surface area contributed by atoms with Crippen LogP contribution in [0.15, 0.2) is 12.1 Å². The highest BCUT2D eigenvalue weighted by molar-refractivity contribution is 7.16. The minimum Gasteiger partial charge on any atom is -0.480 e. The van der Waals surface area contributed by atoms with Gasteiger partial charge in [-0.1, -0.05) is 25.4 Å². The molecular weight excluding hydrogens is 288 g/mol. The molecule has 5 nitrogen and oxygen atoms in total. The van der Waals surface area contributed by atoms with Gasteiger partial charge in [-0.3, -0.25) is 0 Å². The smallest absolute Gasteiger partial charge is 0.326 e. The Kier molecular flexibility index (Phi) is 6.11. The molecular formula is C12H17ClN2O3S. The Hall–Kier alpha value is -1.27. The second-order valence-electron chi connectivity index (χ2n) is 4.42. The molecule has 1 aromatic rings. The second kappa shape index (κ2) is 7.35. The van der Waals surface area contributed by atoms with Crippen LogP contribution in [0.2, 0.25) is 4.34 Å². The standard InChI is InChI=1S/C12H17ClN2O3S/c1-7(2)10(11(16)17)15-12(18)14-6-5-8-3-4-9(13)19-8/h3-4,7,10H,5-6H2,1-2H3,(H,16,17)(H2,14,15,18)/t10-/m0/s1. The highest BCUT2D eigenvalue weighted by atomic mass is 35.5. The van der Waals surface area contributed by atoms with E-state index in [1.807, 2.05) is 6.07 Å². The van der Waals surface area contributed by atoms with Gasteiger partial charge in [0.2, 0.25) is 0 Å². The lowest BCUT2D eigenvalue weighted by atomic mass is 10.1. The number of amides is 2. The fourth-order valence-electron chi connectivity index (χ4n) is 1.49. The van der Waals surface area contributed by atoms with E-state index < -0.39 is 18.0 Å². The van der Waals surface area contributed by atoms with Gasteiger partial charge in [0.15, 0.2) is 0 Å². The van der Waals surface area contributed by atoms with E-state index >= 15 is 0 Å². The molecule has 0 fully saturated rings. The lowest BCUT2D eigenvalue weighted by molar-refractivity contribution is -0.140. The molecule has 1 aromatic heterocycles. The molecule has 1 rings (SSSR count). The van der Waals surface area contributed by atoms with E-state index in [0.29, 0.717) is 17.3 Å². The van der Waals surface area contributed by atoms with Gasteiger partial charge in [0.25, 0.3) is 0 Å². The molecule has 19 heavy (non-hydrogen) atoms. The second-order valence-corrected chi connectivity index (χ2v) is 6.22. The molecule has 0 aliphatic heterocycles. The molecule has 0 saturated heterocycles. The van der Waals surface area contributed by atoms with Gasteiger partial charge in [-0.25, -0.2) is 9.59 Å². The zero-order valence-corrected chi connectivity index (χ0v) is 12.3. The Morgan fingerprint density at radius 1 is 1.42 bits per heavy atom. The van der Waals surface area contributed by atoms with Crippen molar-refractivity contribution in [2.75, 3.05) is 6.54 Å². The third-order valence-corrected chi connectivity index (χ3v) is 3.80. The number of nitrogens with one attached hydrogen (secondary N) is 2. The van der Waals surface area contributed by atoms with Crippen molar-refractivity contribution in [3.05, 3.63) is 21.3 Å². The first kappa shape index (κ1) is 15.8. The average molecular weight is 305 g/mol. The van der Waals surface area contributed by atoms with Gasteiger partial charge in [0.05, 0.1) is 4.34 Å². The summed E-state index contributed by atoms with van der Waals surface area (Å²) >= 11 is 7.26. The minimum atomic E-state index is -1.03. The zero-order valence-electron chi connectivity index (χ0n) is 10.8. The maximum absolute atomic E-state index is 11.5. The zero-order chi connectivity index (χ0) is 14.4. The van der Waals surface area contributed by atoms with Crippen LogP contribution >= 0.6 is 22.9 Å². The Morgan fingerprint density at radius 3 is 2.58 bits per heavy atom. The number of halogens is 1. The SMILES string of the molecule is CC(C)[C@H](NC(=O)NCCc1ccc(Cl)s1)C(=O)O. The Balaban J connectivity index is 2.33. The number of carbonyl (C=O) groups is 2. The van der Waals surface area contributed by atoms with Gasteiger partial charge in [-0.15, -0.1) is 11.3 Å². The van der Waals surface area contributed by atoms with Crippen LogP contribution in [-0.2, 0) is 11.2 Å². The quantitative estimate of drug-likeness (QED) is 0.755. The van der Waals surface area contributed by atoms with Crippen molar-refractivity contribution >= 4 is 34.9 Å². The maximum atomic E-state index is 11.5. The number of thiophene rings is 1. The summed E-state index contributed by atoms with van der Waals surface area (Å²) < 4.78 is 0.713. The predicted octanol–water partition coefficient (Wildman–Crippen LogP) is 2.35. The summed E-state index contributed by atoms with van der Waals surface area (Å²) in [7, 11) is 0. The van der Waals surface area contributed by atoms with Crippen molar-refractivity contribution in [2.24, 2.45) is 5.92 Å². The average Bonchev–Trinajstić information content (AvgIpc) is 2.71. The van der Waals surface area contributed by atoms with Gasteiger partial charge in [-0.2, -0.15) is 0 Å². The summed E-state index contributed by atoms with van der Waals surface area (Å²) in [5, 5.41) is 14.0. The van der Waals surface area contributed by atoms with Crippen LogP contribution in [0.3, 0.4) is 0 Å². The van der Waals surface area contributed by atoms with Crippen molar-refractivity contribution in [2.45, 2.75) is 26.3 Å². The molecule has 1 heterocycles. The van der Waals surface area contributed by atoms with E-state index in [1.54, 1.807) is 19.9 Å². The Morgan fingerprint density at radius 2 is 2.11 bits per heavy atom. The lowest BCUT2D eigenvalue weighted by Gasteiger charge is -2.18. The first-order valence-corrected chi connectivity index (χ1v) is 7.11. The van der Waals surface area contributed by atoms with Crippen LogP contribution in [0.25, 0.3) is 0 Å². The van der Waals surface area contributed by atoms with Gasteiger partial charge in [-0.05, 0) is 24.5 Å². The number of hydrogen-bond donors (Lipinski definition) is 3. The third kappa shape index (κ3) is 5.48. The summed E-state index contributed by atoms with van der Waals surface area (Å²) in [5.41, 5.74) is 0. The molecule has 0 aliphatic carbocycles. The molecule has 0 aromatic carbocycles. The number of rotatable bonds is 6. The number of urea groups is 1. The van der Waals surface area contributed by atoms with Crippen LogP contribution < -0.4 is 10.6 Å². The van der Waals surface area contributed by atoms with Gasteiger partial charge in [0, 0.05) is 11.4 Å². The molecule has 0 saturated carbocycles. The first-order valence-electron chi connectivity index (χ1n) is 5.91. The van der Waals surface area contributed by atoms with E-state index in [2.05, 4.69) is 10.6 Å². The van der Waals surface area contributed by atoms with Crippen molar-refractivity contribution in [3.63, 3.8) is 0 Å². The summed E-state index contributed by atoms with van der Waals surface area (Å²) in [5.74, 6) is -1.20. The molecule has 2 amide bonds. The number of carboxylic acid groups (broad SMARTS) is 1. The maximum Gasteiger partial charge on any atom is 0.326 e. The van der Waals surface area contributed by atoms with E-state index in [1.165, 1.54) is 11.3 Å². The van der Waals surface area contributed by atoms with E-state index in [-0.39, 0.29) is 5.92 Å². The highest BCUT2D eigenvalue weighted by Crippen LogP contribution is 2.21. The Bertz CT molecular complexity index is 448. The number of carboxylic acids is 1. The summed E-state index contributed by atoms with van der Waals surface area (Å²) in [6, 6.07) is 2.36. The van der Waals surface area contributed by atoms with Crippen molar-refractivity contribution in [3.8, 4) is 0 Å². The molecule has 106 valence electrons. The van der Waals surface area contributed by atoms with Crippen LogP contribution in [0.5, 0.6) is 0 Å². The highest BCUT2D eigenvalue weighted by Gasteiger charge is 2.22. The fourth-order valence-corrected chi connectivity index (χ4v) is 2.58. The van der Waals surface area contributed by atoms with Crippen molar-refractivity contribution in [1.82, 2.24) is 10.6 Å². The molecule has 0 spiro atoms. The number of aliphatic carboxylic acids is 1. The lowest BCUT2D eigenvalue weighted by Crippen LogP contribution is -2.48. The van der Waals surface area contributed by atoms with Crippen LogP contribution in [0.4, 0.5) is 4.79 Å². The summed E-state index contributed by atoms with van der Waals surface area (Å²) in [6.45, 7) is 3.92. The van der Waals surface area contributed by atoms with E-state index in [9.17, 15) is 9.59 Å². The van der Waals surface area contributed by atoms with Gasteiger partial charge >= 0.3 is 12.0 Å². The summed E-state index contributed by atoms with van der Waals surface area (Å²) in [4.78, 5) is 23.5.